The van der Waals surface area contributed by atoms with Crippen LogP contribution in [0.25, 0.3) is 27.7 Å². The fourth-order valence-electron chi connectivity index (χ4n) is 3.85. The van der Waals surface area contributed by atoms with E-state index in [4.69, 9.17) is 0 Å². The molecule has 2 aromatic carbocycles. The number of halogens is 1. The molecule has 0 saturated heterocycles. The molecule has 4 rings (SSSR count). The molecule has 1 aliphatic heterocycles. The molecule has 0 fully saturated rings. The minimum Gasteiger partial charge on any atom is -0.317 e. The first-order valence-corrected chi connectivity index (χ1v) is 8.80. The molecule has 0 unspecified atom stereocenters. The Balaban J connectivity index is 1.98. The summed E-state index contributed by atoms with van der Waals surface area (Å²) < 4.78 is 15.8. The number of likely N-dealkylation sites (N-methyl/N-ethyl adjacent to an activating group) is 1. The summed E-state index contributed by atoms with van der Waals surface area (Å²) in [5.41, 5.74) is 7.34. The number of fused-ring (bicyclic) bond motifs is 1. The van der Waals surface area contributed by atoms with Crippen molar-refractivity contribution in [3.8, 4) is 11.1 Å². The maximum Gasteiger partial charge on any atom is 0.123 e. The summed E-state index contributed by atoms with van der Waals surface area (Å²) in [4.78, 5) is 2.33. The van der Waals surface area contributed by atoms with Gasteiger partial charge in [0.15, 0.2) is 0 Å². The number of nitrogens with zero attached hydrogens (tertiary/aromatic N) is 2. The Labute approximate surface area is 148 Å². The number of hydrogen-bond acceptors (Lipinski definition) is 1. The average Bonchev–Trinajstić information content (AvgIpc) is 2.88. The van der Waals surface area contributed by atoms with Gasteiger partial charge in [-0.15, -0.1) is 0 Å². The van der Waals surface area contributed by atoms with Crippen LogP contribution in [-0.4, -0.2) is 29.6 Å². The highest BCUT2D eigenvalue weighted by molar-refractivity contribution is 6.00. The lowest BCUT2D eigenvalue weighted by Gasteiger charge is -2.24. The summed E-state index contributed by atoms with van der Waals surface area (Å²) in [5, 5.41) is 1.24. The molecule has 3 aromatic rings. The Bertz CT molecular complexity index is 964. The third-order valence-electron chi connectivity index (χ3n) is 5.17. The van der Waals surface area contributed by atoms with E-state index in [0.29, 0.717) is 0 Å². The van der Waals surface area contributed by atoms with Crippen molar-refractivity contribution in [3.05, 3.63) is 65.6 Å². The van der Waals surface area contributed by atoms with Crippen molar-refractivity contribution in [3.63, 3.8) is 0 Å². The van der Waals surface area contributed by atoms with E-state index >= 15 is 0 Å². The van der Waals surface area contributed by atoms with Crippen molar-refractivity contribution in [2.45, 2.75) is 20.3 Å². The van der Waals surface area contributed by atoms with Crippen molar-refractivity contribution in [2.24, 2.45) is 0 Å². The van der Waals surface area contributed by atoms with E-state index in [1.807, 2.05) is 12.1 Å². The van der Waals surface area contributed by atoms with Crippen molar-refractivity contribution in [2.75, 3.05) is 20.1 Å². The van der Waals surface area contributed by atoms with Gasteiger partial charge in [-0.3, -0.25) is 0 Å². The summed E-state index contributed by atoms with van der Waals surface area (Å²) >= 11 is 0. The minimum atomic E-state index is -0.195. The summed E-state index contributed by atoms with van der Waals surface area (Å²) in [6, 6.07) is 13.5. The first-order chi connectivity index (χ1) is 12.0. The number of aromatic nitrogens is 1. The topological polar surface area (TPSA) is 8.17 Å². The lowest BCUT2D eigenvalue weighted by Crippen LogP contribution is -2.25. The second-order valence-electron chi connectivity index (χ2n) is 7.03. The third-order valence-corrected chi connectivity index (χ3v) is 5.17. The van der Waals surface area contributed by atoms with Gasteiger partial charge in [0, 0.05) is 41.9 Å². The van der Waals surface area contributed by atoms with E-state index in [2.05, 4.69) is 54.6 Å². The van der Waals surface area contributed by atoms with Crippen LogP contribution in [0.4, 0.5) is 4.39 Å². The molecule has 0 bridgehead atoms. The Morgan fingerprint density at radius 2 is 1.76 bits per heavy atom. The minimum absolute atomic E-state index is 0.195. The SMILES string of the molecule is Cc1ccc2c(c1)c(-c1ccc(F)cc1)c(C)n2C1=CCN(C)CC1. The zero-order valence-electron chi connectivity index (χ0n) is 15.0. The molecule has 0 saturated carbocycles. The van der Waals surface area contributed by atoms with Crippen LogP contribution in [0.5, 0.6) is 0 Å². The number of benzene rings is 2. The van der Waals surface area contributed by atoms with Gasteiger partial charge in [0.2, 0.25) is 0 Å². The smallest absolute Gasteiger partial charge is 0.123 e. The van der Waals surface area contributed by atoms with Gasteiger partial charge in [-0.2, -0.15) is 0 Å². The van der Waals surface area contributed by atoms with Crippen LogP contribution in [0.2, 0.25) is 0 Å². The van der Waals surface area contributed by atoms with Crippen LogP contribution < -0.4 is 0 Å². The van der Waals surface area contributed by atoms with Crippen LogP contribution in [-0.2, 0) is 0 Å². The van der Waals surface area contributed by atoms with E-state index in [-0.39, 0.29) is 5.82 Å². The summed E-state index contributed by atoms with van der Waals surface area (Å²) in [6.07, 6.45) is 3.36. The molecule has 0 aliphatic carbocycles. The van der Waals surface area contributed by atoms with Crippen LogP contribution in [0.3, 0.4) is 0 Å². The molecule has 3 heteroatoms. The summed E-state index contributed by atoms with van der Waals surface area (Å²) in [5.74, 6) is -0.195. The van der Waals surface area contributed by atoms with Gasteiger partial charge >= 0.3 is 0 Å². The standard InChI is InChI=1S/C22H23FN2/c1-15-4-9-21-20(14-15)22(17-5-7-18(23)8-6-17)16(2)25(21)19-10-12-24(3)13-11-19/h4-10,14H,11-13H2,1-3H3. The highest BCUT2D eigenvalue weighted by Gasteiger charge is 2.19. The Morgan fingerprint density at radius 1 is 1.00 bits per heavy atom. The maximum absolute atomic E-state index is 13.4. The molecule has 1 aromatic heterocycles. The van der Waals surface area contributed by atoms with Gasteiger partial charge in [0.25, 0.3) is 0 Å². The van der Waals surface area contributed by atoms with Gasteiger partial charge < -0.3 is 9.47 Å². The van der Waals surface area contributed by atoms with E-state index < -0.39 is 0 Å². The molecular formula is C22H23FN2. The molecule has 0 N–H and O–H groups in total. The van der Waals surface area contributed by atoms with Crippen molar-refractivity contribution < 1.29 is 4.39 Å². The lowest BCUT2D eigenvalue weighted by molar-refractivity contribution is 0.366. The molecule has 0 spiro atoms. The van der Waals surface area contributed by atoms with Gasteiger partial charge in [-0.25, -0.2) is 4.39 Å². The zero-order chi connectivity index (χ0) is 17.6. The second-order valence-corrected chi connectivity index (χ2v) is 7.03. The molecule has 1 aliphatic rings. The quantitative estimate of drug-likeness (QED) is 0.622. The van der Waals surface area contributed by atoms with Crippen LogP contribution in [0.1, 0.15) is 17.7 Å². The first kappa shape index (κ1) is 16.1. The fourth-order valence-corrected chi connectivity index (χ4v) is 3.85. The van der Waals surface area contributed by atoms with Crippen LogP contribution in [0, 0.1) is 19.7 Å². The second kappa shape index (κ2) is 6.16. The predicted octanol–water partition coefficient (Wildman–Crippen LogP) is 5.24. The molecule has 0 amide bonds. The summed E-state index contributed by atoms with van der Waals surface area (Å²) in [7, 11) is 2.15. The molecule has 25 heavy (non-hydrogen) atoms. The highest BCUT2D eigenvalue weighted by Crippen LogP contribution is 2.38. The molecular weight excluding hydrogens is 311 g/mol. The normalized spacial score (nSPS) is 15.6. The number of rotatable bonds is 2. The number of aryl methyl sites for hydroxylation is 1. The Morgan fingerprint density at radius 3 is 2.44 bits per heavy atom. The van der Waals surface area contributed by atoms with Crippen molar-refractivity contribution in [1.82, 2.24) is 9.47 Å². The molecule has 2 nitrogen and oxygen atoms in total. The van der Waals surface area contributed by atoms with E-state index in [1.54, 1.807) is 12.1 Å². The number of hydrogen-bond donors (Lipinski definition) is 0. The third kappa shape index (κ3) is 2.79. The Kier molecular flexibility index (Phi) is 3.97. The van der Waals surface area contributed by atoms with Gasteiger partial charge in [0.1, 0.15) is 5.82 Å². The monoisotopic (exact) mass is 334 g/mol. The van der Waals surface area contributed by atoms with E-state index in [1.165, 1.54) is 33.4 Å². The van der Waals surface area contributed by atoms with E-state index in [9.17, 15) is 4.39 Å². The lowest BCUT2D eigenvalue weighted by atomic mass is 10.0. The van der Waals surface area contributed by atoms with Crippen molar-refractivity contribution in [1.29, 1.82) is 0 Å². The van der Waals surface area contributed by atoms with Gasteiger partial charge in [0.05, 0.1) is 5.52 Å². The highest BCUT2D eigenvalue weighted by atomic mass is 19.1. The maximum atomic E-state index is 13.4. The Hall–Kier alpha value is -2.39. The predicted molar refractivity (Wildman–Crippen MR) is 103 cm³/mol. The van der Waals surface area contributed by atoms with E-state index in [0.717, 1.165) is 25.1 Å². The fraction of sp³-hybridized carbons (Fsp3) is 0.273. The summed E-state index contributed by atoms with van der Waals surface area (Å²) in [6.45, 7) is 6.34. The first-order valence-electron chi connectivity index (χ1n) is 8.80. The molecule has 2 heterocycles. The molecule has 128 valence electrons. The molecule has 0 radical (unpaired) electrons. The van der Waals surface area contributed by atoms with Crippen LogP contribution in [0.15, 0.2) is 48.5 Å². The zero-order valence-corrected chi connectivity index (χ0v) is 15.0. The van der Waals surface area contributed by atoms with Gasteiger partial charge in [-0.05, 0) is 50.7 Å². The van der Waals surface area contributed by atoms with Crippen LogP contribution >= 0.6 is 0 Å². The largest absolute Gasteiger partial charge is 0.317 e. The van der Waals surface area contributed by atoms with Crippen molar-refractivity contribution >= 4 is 16.6 Å². The molecule has 0 atom stereocenters. The van der Waals surface area contributed by atoms with Gasteiger partial charge in [-0.1, -0.05) is 29.8 Å². The average molecular weight is 334 g/mol.